The van der Waals surface area contributed by atoms with Gasteiger partial charge in [0.2, 0.25) is 0 Å². The fourth-order valence-corrected chi connectivity index (χ4v) is 4.72. The summed E-state index contributed by atoms with van der Waals surface area (Å²) < 4.78 is 3.92. The molecule has 0 aliphatic rings. The van der Waals surface area contributed by atoms with Crippen molar-refractivity contribution in [2.24, 2.45) is 5.10 Å². The number of hydrogen-bond acceptors (Lipinski definition) is 5. The second kappa shape index (κ2) is 8.44. The predicted molar refractivity (Wildman–Crippen MR) is 126 cm³/mol. The van der Waals surface area contributed by atoms with Gasteiger partial charge in [-0.2, -0.15) is 5.10 Å². The first-order chi connectivity index (χ1) is 14.8. The van der Waals surface area contributed by atoms with Crippen molar-refractivity contribution >= 4 is 55.2 Å². The van der Waals surface area contributed by atoms with E-state index in [-0.39, 0.29) is 11.6 Å². The number of amides is 1. The van der Waals surface area contributed by atoms with Crippen LogP contribution in [0.1, 0.15) is 26.6 Å². The van der Waals surface area contributed by atoms with Crippen LogP contribution in [0.25, 0.3) is 15.8 Å². The van der Waals surface area contributed by atoms with Crippen molar-refractivity contribution < 1.29 is 9.72 Å². The number of nitrogens with zero attached hydrogens (tertiary/aromatic N) is 3. The standard InChI is InChI=1S/C22H17BrN4O3S/c1-13-8-16(14(2)26(13)18-5-3-4-17(23)11-18)12-24-25-22(28)21-10-15-9-19(27(29)30)6-7-20(15)31-21/h3-12H,1-2H3,(H,25,28). The van der Waals surface area contributed by atoms with Crippen molar-refractivity contribution in [1.82, 2.24) is 9.99 Å². The Morgan fingerprint density at radius 1 is 1.19 bits per heavy atom. The summed E-state index contributed by atoms with van der Waals surface area (Å²) in [5.41, 5.74) is 6.52. The molecule has 2 heterocycles. The molecular formula is C22H17BrN4O3S. The topological polar surface area (TPSA) is 89.5 Å². The number of benzene rings is 2. The molecule has 1 amide bonds. The molecule has 0 aliphatic carbocycles. The summed E-state index contributed by atoms with van der Waals surface area (Å²) in [4.78, 5) is 23.4. The van der Waals surface area contributed by atoms with E-state index in [9.17, 15) is 14.9 Å². The van der Waals surface area contributed by atoms with E-state index in [4.69, 9.17) is 0 Å². The maximum Gasteiger partial charge on any atom is 0.281 e. The van der Waals surface area contributed by atoms with Gasteiger partial charge in [0.15, 0.2) is 0 Å². The van der Waals surface area contributed by atoms with Gasteiger partial charge in [0.1, 0.15) is 0 Å². The van der Waals surface area contributed by atoms with Crippen molar-refractivity contribution in [3.63, 3.8) is 0 Å². The van der Waals surface area contributed by atoms with Gasteiger partial charge < -0.3 is 4.57 Å². The van der Waals surface area contributed by atoms with Crippen LogP contribution in [0.15, 0.2) is 64.2 Å². The molecule has 0 saturated heterocycles. The summed E-state index contributed by atoms with van der Waals surface area (Å²) in [6, 6.07) is 16.2. The number of hydrazone groups is 1. The van der Waals surface area contributed by atoms with Crippen LogP contribution in [-0.2, 0) is 0 Å². The Labute approximate surface area is 190 Å². The zero-order valence-electron chi connectivity index (χ0n) is 16.6. The minimum atomic E-state index is -0.453. The molecule has 7 nitrogen and oxygen atoms in total. The number of non-ortho nitro benzene ring substituents is 1. The number of aromatic nitrogens is 1. The van der Waals surface area contributed by atoms with E-state index < -0.39 is 4.92 Å². The molecule has 9 heteroatoms. The fourth-order valence-electron chi connectivity index (χ4n) is 3.40. The molecule has 0 radical (unpaired) electrons. The third-order valence-electron chi connectivity index (χ3n) is 4.84. The van der Waals surface area contributed by atoms with Gasteiger partial charge in [-0.1, -0.05) is 22.0 Å². The first-order valence-electron chi connectivity index (χ1n) is 9.30. The highest BCUT2D eigenvalue weighted by atomic mass is 79.9. The van der Waals surface area contributed by atoms with E-state index in [1.807, 2.05) is 44.2 Å². The van der Waals surface area contributed by atoms with Gasteiger partial charge in [-0.3, -0.25) is 14.9 Å². The van der Waals surface area contributed by atoms with Gasteiger partial charge in [0, 0.05) is 49.3 Å². The van der Waals surface area contributed by atoms with Gasteiger partial charge in [-0.15, -0.1) is 11.3 Å². The molecule has 0 aliphatic heterocycles. The van der Waals surface area contributed by atoms with Gasteiger partial charge in [0.25, 0.3) is 11.6 Å². The van der Waals surface area contributed by atoms with Crippen LogP contribution in [0.4, 0.5) is 5.69 Å². The molecule has 0 bridgehead atoms. The quantitative estimate of drug-likeness (QED) is 0.217. The number of nitro groups is 1. The van der Waals surface area contributed by atoms with Crippen molar-refractivity contribution in [2.75, 3.05) is 0 Å². The average Bonchev–Trinajstić information content (AvgIpc) is 3.28. The monoisotopic (exact) mass is 496 g/mol. The first-order valence-corrected chi connectivity index (χ1v) is 10.9. The summed E-state index contributed by atoms with van der Waals surface area (Å²) in [6.45, 7) is 4.01. The van der Waals surface area contributed by atoms with Gasteiger partial charge in [-0.25, -0.2) is 5.43 Å². The van der Waals surface area contributed by atoms with Crippen LogP contribution in [0.3, 0.4) is 0 Å². The predicted octanol–water partition coefficient (Wildman–Crippen LogP) is 5.74. The number of hydrogen-bond donors (Lipinski definition) is 1. The molecule has 2 aromatic heterocycles. The van der Waals surface area contributed by atoms with Crippen LogP contribution < -0.4 is 5.43 Å². The molecule has 4 aromatic rings. The third-order valence-corrected chi connectivity index (χ3v) is 6.45. The molecule has 0 saturated carbocycles. The summed E-state index contributed by atoms with van der Waals surface area (Å²) in [6.07, 6.45) is 1.62. The van der Waals surface area contributed by atoms with Crippen LogP contribution >= 0.6 is 27.3 Å². The van der Waals surface area contributed by atoms with Gasteiger partial charge in [0.05, 0.1) is 16.0 Å². The average molecular weight is 497 g/mol. The van der Waals surface area contributed by atoms with Crippen molar-refractivity contribution in [3.05, 3.63) is 91.0 Å². The number of aryl methyl sites for hydroxylation is 1. The first kappa shape index (κ1) is 21.0. The number of thiophene rings is 1. The smallest absolute Gasteiger partial charge is 0.281 e. The van der Waals surface area contributed by atoms with Gasteiger partial charge in [-0.05, 0) is 50.2 Å². The zero-order chi connectivity index (χ0) is 22.1. The van der Waals surface area contributed by atoms with E-state index >= 15 is 0 Å². The Morgan fingerprint density at radius 2 is 2.00 bits per heavy atom. The summed E-state index contributed by atoms with van der Waals surface area (Å²) in [7, 11) is 0. The number of rotatable bonds is 5. The van der Waals surface area contributed by atoms with E-state index in [1.165, 1.54) is 23.5 Å². The van der Waals surface area contributed by atoms with Crippen LogP contribution in [0.2, 0.25) is 0 Å². The zero-order valence-corrected chi connectivity index (χ0v) is 19.0. The largest absolute Gasteiger partial charge is 0.318 e. The number of fused-ring (bicyclic) bond motifs is 1. The maximum atomic E-state index is 12.5. The molecule has 156 valence electrons. The SMILES string of the molecule is Cc1cc(C=NNC(=O)c2cc3cc([N+](=O)[O-])ccc3s2)c(C)n1-c1cccc(Br)c1. The molecule has 0 atom stereocenters. The number of carbonyl (C=O) groups is 1. The number of nitrogens with one attached hydrogen (secondary N) is 1. The van der Waals surface area contributed by atoms with Crippen LogP contribution in [-0.4, -0.2) is 21.6 Å². The normalized spacial score (nSPS) is 11.3. The second-order valence-corrected chi connectivity index (χ2v) is 8.93. The molecule has 0 spiro atoms. The lowest BCUT2D eigenvalue weighted by Gasteiger charge is -2.09. The number of carbonyl (C=O) groups excluding carboxylic acids is 1. The highest BCUT2D eigenvalue weighted by Gasteiger charge is 2.13. The maximum absolute atomic E-state index is 12.5. The van der Waals surface area contributed by atoms with Crippen molar-refractivity contribution in [2.45, 2.75) is 13.8 Å². The Hall–Kier alpha value is -3.30. The molecule has 4 rings (SSSR count). The lowest BCUT2D eigenvalue weighted by atomic mass is 10.2. The second-order valence-electron chi connectivity index (χ2n) is 6.93. The Bertz CT molecular complexity index is 1360. The lowest BCUT2D eigenvalue weighted by Crippen LogP contribution is -2.16. The van der Waals surface area contributed by atoms with Gasteiger partial charge >= 0.3 is 0 Å². The highest BCUT2D eigenvalue weighted by molar-refractivity contribution is 9.10. The lowest BCUT2D eigenvalue weighted by molar-refractivity contribution is -0.384. The molecular weight excluding hydrogens is 480 g/mol. The molecule has 2 aromatic carbocycles. The Morgan fingerprint density at radius 3 is 2.74 bits per heavy atom. The number of halogens is 1. The fraction of sp³-hybridized carbons (Fsp3) is 0.0909. The minimum Gasteiger partial charge on any atom is -0.318 e. The Balaban J connectivity index is 1.52. The van der Waals surface area contributed by atoms with Crippen LogP contribution in [0.5, 0.6) is 0 Å². The molecule has 1 N–H and O–H groups in total. The molecule has 31 heavy (non-hydrogen) atoms. The summed E-state index contributed by atoms with van der Waals surface area (Å²) >= 11 is 4.76. The van der Waals surface area contributed by atoms with E-state index in [2.05, 4.69) is 31.0 Å². The summed E-state index contributed by atoms with van der Waals surface area (Å²) in [5, 5.41) is 15.7. The molecule has 0 unspecified atom stereocenters. The number of nitro benzene ring substituents is 1. The molecule has 0 fully saturated rings. The minimum absolute atomic E-state index is 0.00363. The highest BCUT2D eigenvalue weighted by Crippen LogP contribution is 2.29. The van der Waals surface area contributed by atoms with E-state index in [0.717, 1.165) is 31.8 Å². The third kappa shape index (κ3) is 4.28. The summed E-state index contributed by atoms with van der Waals surface area (Å²) in [5.74, 6) is -0.360. The Kier molecular flexibility index (Phi) is 5.71. The van der Waals surface area contributed by atoms with E-state index in [0.29, 0.717) is 10.3 Å². The van der Waals surface area contributed by atoms with Crippen molar-refractivity contribution in [1.29, 1.82) is 0 Å². The van der Waals surface area contributed by atoms with E-state index in [1.54, 1.807) is 18.3 Å². The van der Waals surface area contributed by atoms with Crippen LogP contribution in [0, 0.1) is 24.0 Å². The van der Waals surface area contributed by atoms with Crippen molar-refractivity contribution in [3.8, 4) is 5.69 Å².